The topological polar surface area (TPSA) is 15.3 Å². The van der Waals surface area contributed by atoms with Crippen molar-refractivity contribution in [3.63, 3.8) is 0 Å². The maximum Gasteiger partial charge on any atom is 0.0471 e. The number of benzene rings is 2. The molecule has 0 aromatic heterocycles. The van der Waals surface area contributed by atoms with E-state index < -0.39 is 0 Å². The summed E-state index contributed by atoms with van der Waals surface area (Å²) in [6, 6.07) is 17.2. The van der Waals surface area contributed by atoms with Crippen LogP contribution in [0.2, 0.25) is 5.02 Å². The van der Waals surface area contributed by atoms with Gasteiger partial charge in [-0.1, -0.05) is 61.8 Å². The normalized spacial score (nSPS) is 10.9. The molecule has 2 rings (SSSR count). The molecule has 0 saturated carbocycles. The zero-order valence-electron chi connectivity index (χ0n) is 12.9. The predicted octanol–water partition coefficient (Wildman–Crippen LogP) is 4.47. The molecule has 0 bridgehead atoms. The highest BCUT2D eigenvalue weighted by atomic mass is 35.5. The van der Waals surface area contributed by atoms with Crippen molar-refractivity contribution in [3.05, 3.63) is 64.7 Å². The van der Waals surface area contributed by atoms with E-state index in [0.717, 1.165) is 29.4 Å². The number of anilines is 1. The average Bonchev–Trinajstić information content (AvgIpc) is 2.46. The van der Waals surface area contributed by atoms with E-state index in [0.29, 0.717) is 6.04 Å². The van der Waals surface area contributed by atoms with Crippen LogP contribution in [0.5, 0.6) is 0 Å². The Kier molecular flexibility index (Phi) is 5.66. The summed E-state index contributed by atoms with van der Waals surface area (Å²) in [6.07, 6.45) is 0. The van der Waals surface area contributed by atoms with Crippen LogP contribution in [-0.2, 0) is 13.1 Å². The lowest BCUT2D eigenvalue weighted by molar-refractivity contribution is 0.589. The van der Waals surface area contributed by atoms with Gasteiger partial charge in [-0.15, -0.1) is 0 Å². The summed E-state index contributed by atoms with van der Waals surface area (Å²) in [5.41, 5.74) is 3.57. The summed E-state index contributed by atoms with van der Waals surface area (Å²) in [7, 11) is 2.09. The second kappa shape index (κ2) is 7.48. The van der Waals surface area contributed by atoms with E-state index in [1.807, 2.05) is 12.1 Å². The molecule has 0 aliphatic rings. The first-order chi connectivity index (χ1) is 10.1. The fraction of sp³-hybridized carbons (Fsp3) is 0.333. The minimum atomic E-state index is 0.460. The molecule has 0 radical (unpaired) electrons. The minimum absolute atomic E-state index is 0.460. The van der Waals surface area contributed by atoms with Crippen LogP contribution in [0.15, 0.2) is 48.5 Å². The van der Waals surface area contributed by atoms with E-state index in [1.54, 1.807) is 0 Å². The molecule has 112 valence electrons. The second-order valence-electron chi connectivity index (χ2n) is 5.65. The maximum atomic E-state index is 6.39. The van der Waals surface area contributed by atoms with Crippen molar-refractivity contribution < 1.29 is 0 Å². The van der Waals surface area contributed by atoms with Crippen molar-refractivity contribution >= 4 is 17.3 Å². The molecular weight excluding hydrogens is 280 g/mol. The van der Waals surface area contributed by atoms with Gasteiger partial charge in [0.05, 0.1) is 0 Å². The first-order valence-electron chi connectivity index (χ1n) is 7.33. The molecule has 3 heteroatoms. The van der Waals surface area contributed by atoms with Gasteiger partial charge >= 0.3 is 0 Å². The van der Waals surface area contributed by atoms with Crippen molar-refractivity contribution in [2.75, 3.05) is 11.9 Å². The Morgan fingerprint density at radius 2 is 1.81 bits per heavy atom. The zero-order chi connectivity index (χ0) is 15.2. The Balaban J connectivity index is 2.05. The molecule has 0 aliphatic heterocycles. The number of rotatable bonds is 6. The quantitative estimate of drug-likeness (QED) is 0.846. The molecule has 0 aliphatic carbocycles. The van der Waals surface area contributed by atoms with Gasteiger partial charge in [-0.25, -0.2) is 0 Å². The van der Waals surface area contributed by atoms with E-state index in [4.69, 9.17) is 11.6 Å². The smallest absolute Gasteiger partial charge is 0.0471 e. The minimum Gasteiger partial charge on any atom is -0.370 e. The molecular formula is C18H23ClN2. The standard InChI is InChI=1S/C18H23ClN2/c1-14(2)20-12-16-9-10-17(11-18(16)19)21(3)13-15-7-5-4-6-8-15/h4-11,14,20H,12-13H2,1-3H3. The van der Waals surface area contributed by atoms with Crippen LogP contribution in [0, 0.1) is 0 Å². The number of hydrogen-bond acceptors (Lipinski definition) is 2. The van der Waals surface area contributed by atoms with E-state index in [-0.39, 0.29) is 0 Å². The van der Waals surface area contributed by atoms with Crippen molar-refractivity contribution in [2.24, 2.45) is 0 Å². The Bertz CT molecular complexity index is 567. The molecule has 2 aromatic carbocycles. The fourth-order valence-electron chi connectivity index (χ4n) is 2.18. The summed E-state index contributed by atoms with van der Waals surface area (Å²) < 4.78 is 0. The third kappa shape index (κ3) is 4.76. The highest BCUT2D eigenvalue weighted by molar-refractivity contribution is 6.31. The molecule has 21 heavy (non-hydrogen) atoms. The number of nitrogens with zero attached hydrogens (tertiary/aromatic N) is 1. The second-order valence-corrected chi connectivity index (χ2v) is 6.06. The monoisotopic (exact) mass is 302 g/mol. The van der Waals surface area contributed by atoms with Gasteiger partial charge in [0.2, 0.25) is 0 Å². The summed E-state index contributed by atoms with van der Waals surface area (Å²) in [5, 5.41) is 4.21. The molecule has 0 heterocycles. The van der Waals surface area contributed by atoms with E-state index in [1.165, 1.54) is 5.56 Å². The summed E-state index contributed by atoms with van der Waals surface area (Å²) in [5.74, 6) is 0. The number of hydrogen-bond donors (Lipinski definition) is 1. The Hall–Kier alpha value is -1.51. The lowest BCUT2D eigenvalue weighted by Gasteiger charge is -2.20. The molecule has 0 atom stereocenters. The van der Waals surface area contributed by atoms with Gasteiger partial charge in [0.1, 0.15) is 0 Å². The molecule has 2 nitrogen and oxygen atoms in total. The van der Waals surface area contributed by atoms with E-state index >= 15 is 0 Å². The molecule has 0 unspecified atom stereocenters. The van der Waals surface area contributed by atoms with Gasteiger partial charge in [-0.05, 0) is 23.3 Å². The summed E-state index contributed by atoms with van der Waals surface area (Å²) >= 11 is 6.39. The van der Waals surface area contributed by atoms with Crippen molar-refractivity contribution in [1.29, 1.82) is 0 Å². The Labute approximate surface area is 132 Å². The van der Waals surface area contributed by atoms with Crippen LogP contribution >= 0.6 is 11.6 Å². The first kappa shape index (κ1) is 15.9. The highest BCUT2D eigenvalue weighted by Gasteiger charge is 2.06. The third-order valence-corrected chi connectivity index (χ3v) is 3.79. The van der Waals surface area contributed by atoms with E-state index in [2.05, 4.69) is 67.5 Å². The average molecular weight is 303 g/mol. The van der Waals surface area contributed by atoms with E-state index in [9.17, 15) is 0 Å². The van der Waals surface area contributed by atoms with Gasteiger partial charge in [-0.3, -0.25) is 0 Å². The lowest BCUT2D eigenvalue weighted by atomic mass is 10.1. The van der Waals surface area contributed by atoms with Gasteiger partial charge < -0.3 is 10.2 Å². The van der Waals surface area contributed by atoms with Crippen LogP contribution in [0.1, 0.15) is 25.0 Å². The first-order valence-corrected chi connectivity index (χ1v) is 7.71. The van der Waals surface area contributed by atoms with Crippen LogP contribution in [0.3, 0.4) is 0 Å². The van der Waals surface area contributed by atoms with Crippen molar-refractivity contribution in [1.82, 2.24) is 5.32 Å². The van der Waals surface area contributed by atoms with Crippen LogP contribution in [0.25, 0.3) is 0 Å². The summed E-state index contributed by atoms with van der Waals surface area (Å²) in [6.45, 7) is 5.95. The highest BCUT2D eigenvalue weighted by Crippen LogP contribution is 2.24. The molecule has 2 aromatic rings. The van der Waals surface area contributed by atoms with Crippen LogP contribution in [-0.4, -0.2) is 13.1 Å². The molecule has 0 spiro atoms. The SMILES string of the molecule is CC(C)NCc1ccc(N(C)Cc2ccccc2)cc1Cl. The van der Waals surface area contributed by atoms with Crippen molar-refractivity contribution in [3.8, 4) is 0 Å². The van der Waals surface area contributed by atoms with Crippen LogP contribution < -0.4 is 10.2 Å². The van der Waals surface area contributed by atoms with Crippen LogP contribution in [0.4, 0.5) is 5.69 Å². The largest absolute Gasteiger partial charge is 0.370 e. The lowest BCUT2D eigenvalue weighted by Crippen LogP contribution is -2.22. The summed E-state index contributed by atoms with van der Waals surface area (Å²) in [4.78, 5) is 2.21. The molecule has 0 amide bonds. The third-order valence-electron chi connectivity index (χ3n) is 3.44. The van der Waals surface area contributed by atoms with Gasteiger partial charge in [0, 0.05) is 36.9 Å². The fourth-order valence-corrected chi connectivity index (χ4v) is 2.42. The Morgan fingerprint density at radius 1 is 1.10 bits per heavy atom. The molecule has 0 fully saturated rings. The van der Waals surface area contributed by atoms with Gasteiger partial charge in [0.15, 0.2) is 0 Å². The Morgan fingerprint density at radius 3 is 2.43 bits per heavy atom. The van der Waals surface area contributed by atoms with Gasteiger partial charge in [0.25, 0.3) is 0 Å². The van der Waals surface area contributed by atoms with Gasteiger partial charge in [-0.2, -0.15) is 0 Å². The maximum absolute atomic E-state index is 6.39. The van der Waals surface area contributed by atoms with Crippen molar-refractivity contribution in [2.45, 2.75) is 33.0 Å². The number of nitrogens with one attached hydrogen (secondary N) is 1. The molecule has 0 saturated heterocycles. The number of halogens is 1. The molecule has 1 N–H and O–H groups in total. The predicted molar refractivity (Wildman–Crippen MR) is 92.0 cm³/mol. The zero-order valence-corrected chi connectivity index (χ0v) is 13.7.